The van der Waals surface area contributed by atoms with Crippen LogP contribution in [0.3, 0.4) is 0 Å². The van der Waals surface area contributed by atoms with Crippen LogP contribution in [-0.2, 0) is 0 Å². The summed E-state index contributed by atoms with van der Waals surface area (Å²) < 4.78 is 1.22. The second-order valence-corrected chi connectivity index (χ2v) is 6.82. The number of thiophene rings is 1. The minimum Gasteiger partial charge on any atom is -0.255 e. The van der Waals surface area contributed by atoms with Gasteiger partial charge in [-0.25, -0.2) is 4.98 Å². The van der Waals surface area contributed by atoms with Crippen LogP contribution in [0.4, 0.5) is 5.69 Å². The molecule has 4 aromatic rings. The lowest BCUT2D eigenvalue weighted by molar-refractivity contribution is 1.46. The van der Waals surface area contributed by atoms with Gasteiger partial charge in [-0.2, -0.15) is 0 Å². The van der Waals surface area contributed by atoms with Gasteiger partial charge in [0.2, 0.25) is 0 Å². The summed E-state index contributed by atoms with van der Waals surface area (Å²) in [6.45, 7) is 0. The molecule has 0 bridgehead atoms. The van der Waals surface area contributed by atoms with Crippen molar-refractivity contribution >= 4 is 44.8 Å². The first-order valence-corrected chi connectivity index (χ1v) is 8.62. The third-order valence-electron chi connectivity index (χ3n) is 3.29. The first-order chi connectivity index (χ1) is 10.9. The molecule has 4 heteroatoms. The summed E-state index contributed by atoms with van der Waals surface area (Å²) in [5.41, 5.74) is 3.15. The molecular weight excluding hydrogens is 308 g/mol. The van der Waals surface area contributed by atoms with Crippen LogP contribution in [0.1, 0.15) is 4.88 Å². The number of rotatable bonds is 3. The zero-order valence-electron chi connectivity index (χ0n) is 11.6. The number of aliphatic imine (C=N–C) groups is 1. The summed E-state index contributed by atoms with van der Waals surface area (Å²) in [4.78, 5) is 10.3. The molecule has 0 aliphatic heterocycles. The molecule has 0 fully saturated rings. The summed E-state index contributed by atoms with van der Waals surface area (Å²) in [5, 5.41) is 3.10. The van der Waals surface area contributed by atoms with Crippen LogP contribution in [0.25, 0.3) is 20.8 Å². The fourth-order valence-electron chi connectivity index (χ4n) is 2.19. The molecule has 2 aromatic carbocycles. The van der Waals surface area contributed by atoms with Crippen molar-refractivity contribution in [1.82, 2.24) is 4.98 Å². The summed E-state index contributed by atoms with van der Waals surface area (Å²) in [5.74, 6) is 0. The molecule has 106 valence electrons. The first kappa shape index (κ1) is 13.4. The minimum atomic E-state index is 0.957. The number of thiazole rings is 1. The molecule has 2 aromatic heterocycles. The van der Waals surface area contributed by atoms with Crippen LogP contribution < -0.4 is 0 Å². The highest BCUT2D eigenvalue weighted by molar-refractivity contribution is 7.21. The number of benzene rings is 2. The van der Waals surface area contributed by atoms with Crippen molar-refractivity contribution in [2.24, 2.45) is 4.99 Å². The molecule has 0 amide bonds. The Morgan fingerprint density at radius 2 is 1.77 bits per heavy atom. The average Bonchev–Trinajstić information content (AvgIpc) is 3.22. The van der Waals surface area contributed by atoms with E-state index in [-0.39, 0.29) is 0 Å². The fourth-order valence-corrected chi connectivity index (χ4v) is 3.74. The molecule has 2 heterocycles. The average molecular weight is 320 g/mol. The lowest BCUT2D eigenvalue weighted by atomic mass is 10.2. The molecule has 0 saturated heterocycles. The number of fused-ring (bicyclic) bond motifs is 1. The van der Waals surface area contributed by atoms with E-state index in [9.17, 15) is 0 Å². The number of hydrogen-bond donors (Lipinski definition) is 0. The monoisotopic (exact) mass is 320 g/mol. The molecule has 0 N–H and O–H groups in total. The zero-order chi connectivity index (χ0) is 14.8. The third kappa shape index (κ3) is 2.71. The van der Waals surface area contributed by atoms with E-state index in [0.29, 0.717) is 0 Å². The van der Waals surface area contributed by atoms with Crippen LogP contribution in [0.2, 0.25) is 0 Å². The Bertz CT molecular complexity index is 886. The van der Waals surface area contributed by atoms with E-state index in [1.54, 1.807) is 22.7 Å². The highest BCUT2D eigenvalue weighted by Gasteiger charge is 2.05. The predicted molar refractivity (Wildman–Crippen MR) is 96.6 cm³/mol. The van der Waals surface area contributed by atoms with Crippen LogP contribution >= 0.6 is 22.7 Å². The third-order valence-corrected chi connectivity index (χ3v) is 5.18. The van der Waals surface area contributed by atoms with Crippen LogP contribution in [0.5, 0.6) is 0 Å². The normalized spacial score (nSPS) is 11.5. The van der Waals surface area contributed by atoms with Gasteiger partial charge in [0.15, 0.2) is 0 Å². The molecule has 2 nitrogen and oxygen atoms in total. The van der Waals surface area contributed by atoms with E-state index in [4.69, 9.17) is 0 Å². The maximum atomic E-state index is 4.68. The van der Waals surface area contributed by atoms with E-state index >= 15 is 0 Å². The standard InChI is InChI=1S/C18H12N2S2/c1-2-6-17-16(5-1)20-18(22-17)13-7-9-14(10-8-13)19-12-15-4-3-11-21-15/h1-12H. The van der Waals surface area contributed by atoms with E-state index in [1.165, 1.54) is 4.70 Å². The molecule has 0 spiro atoms. The Kier molecular flexibility index (Phi) is 3.54. The Morgan fingerprint density at radius 3 is 2.55 bits per heavy atom. The highest BCUT2D eigenvalue weighted by atomic mass is 32.1. The Hall–Kier alpha value is -2.30. The summed E-state index contributed by atoms with van der Waals surface area (Å²) in [7, 11) is 0. The first-order valence-electron chi connectivity index (χ1n) is 6.92. The van der Waals surface area contributed by atoms with Gasteiger partial charge in [0.1, 0.15) is 5.01 Å². The van der Waals surface area contributed by atoms with Gasteiger partial charge in [0.05, 0.1) is 15.9 Å². The van der Waals surface area contributed by atoms with Gasteiger partial charge in [-0.3, -0.25) is 4.99 Å². The maximum absolute atomic E-state index is 4.68. The highest BCUT2D eigenvalue weighted by Crippen LogP contribution is 2.30. The lowest BCUT2D eigenvalue weighted by Gasteiger charge is -1.97. The van der Waals surface area contributed by atoms with E-state index in [1.807, 2.05) is 36.5 Å². The second kappa shape index (κ2) is 5.83. The van der Waals surface area contributed by atoms with Crippen LogP contribution in [-0.4, -0.2) is 11.2 Å². The van der Waals surface area contributed by atoms with E-state index in [0.717, 1.165) is 26.7 Å². The van der Waals surface area contributed by atoms with Crippen LogP contribution in [0, 0.1) is 0 Å². The van der Waals surface area contributed by atoms with Gasteiger partial charge in [-0.1, -0.05) is 18.2 Å². The van der Waals surface area contributed by atoms with Crippen LogP contribution in [0.15, 0.2) is 71.0 Å². The SMILES string of the molecule is C(=Nc1ccc(-c2nc3ccccc3s2)cc1)c1cccs1. The van der Waals surface area contributed by atoms with Gasteiger partial charge < -0.3 is 0 Å². The van der Waals surface area contributed by atoms with Gasteiger partial charge in [0, 0.05) is 16.7 Å². The predicted octanol–water partition coefficient (Wildman–Crippen LogP) is 5.78. The van der Waals surface area contributed by atoms with Crippen molar-refractivity contribution in [3.63, 3.8) is 0 Å². The summed E-state index contributed by atoms with van der Waals surface area (Å²) in [6.07, 6.45) is 1.90. The smallest absolute Gasteiger partial charge is 0.124 e. The molecule has 0 radical (unpaired) electrons. The molecule has 0 aliphatic carbocycles. The van der Waals surface area contributed by atoms with Crippen molar-refractivity contribution < 1.29 is 0 Å². The number of para-hydroxylation sites is 1. The number of aromatic nitrogens is 1. The molecule has 0 saturated carbocycles. The largest absolute Gasteiger partial charge is 0.255 e. The van der Waals surface area contributed by atoms with Gasteiger partial charge in [-0.05, 0) is 47.8 Å². The van der Waals surface area contributed by atoms with Gasteiger partial charge in [0.25, 0.3) is 0 Å². The number of hydrogen-bond acceptors (Lipinski definition) is 4. The fraction of sp³-hybridized carbons (Fsp3) is 0. The lowest BCUT2D eigenvalue weighted by Crippen LogP contribution is -1.76. The maximum Gasteiger partial charge on any atom is 0.124 e. The molecule has 0 unspecified atom stereocenters. The summed E-state index contributed by atoms with van der Waals surface area (Å²) >= 11 is 3.41. The topological polar surface area (TPSA) is 25.2 Å². The molecule has 0 aliphatic rings. The van der Waals surface area contributed by atoms with Gasteiger partial charge in [-0.15, -0.1) is 22.7 Å². The van der Waals surface area contributed by atoms with Gasteiger partial charge >= 0.3 is 0 Å². The van der Waals surface area contributed by atoms with Crippen molar-refractivity contribution in [3.05, 3.63) is 70.9 Å². The Balaban J connectivity index is 1.61. The molecular formula is C18H12N2S2. The van der Waals surface area contributed by atoms with Crippen molar-refractivity contribution in [2.45, 2.75) is 0 Å². The molecule has 22 heavy (non-hydrogen) atoms. The van der Waals surface area contributed by atoms with E-state index < -0.39 is 0 Å². The Labute approximate surface area is 136 Å². The second-order valence-electron chi connectivity index (χ2n) is 4.81. The zero-order valence-corrected chi connectivity index (χ0v) is 13.3. The quantitative estimate of drug-likeness (QED) is 0.439. The Morgan fingerprint density at radius 1 is 0.909 bits per heavy atom. The van der Waals surface area contributed by atoms with E-state index in [2.05, 4.69) is 45.7 Å². The number of nitrogens with zero attached hydrogens (tertiary/aromatic N) is 2. The van der Waals surface area contributed by atoms with Crippen molar-refractivity contribution in [3.8, 4) is 10.6 Å². The van der Waals surface area contributed by atoms with Crippen molar-refractivity contribution in [1.29, 1.82) is 0 Å². The van der Waals surface area contributed by atoms with Crippen molar-refractivity contribution in [2.75, 3.05) is 0 Å². The molecule has 0 atom stereocenters. The summed E-state index contributed by atoms with van der Waals surface area (Å²) in [6, 6.07) is 20.5. The molecule has 4 rings (SSSR count). The minimum absolute atomic E-state index is 0.957.